The molecule has 0 spiro atoms. The summed E-state index contributed by atoms with van der Waals surface area (Å²) in [5.41, 5.74) is 0. The molecule has 1 aliphatic heterocycles. The summed E-state index contributed by atoms with van der Waals surface area (Å²) < 4.78 is 6.74. The predicted octanol–water partition coefficient (Wildman–Crippen LogP) is 0.129. The maximum Gasteiger partial charge on any atom is 0.268 e. The number of amides is 1. The second-order valence-electron chi connectivity index (χ2n) is 5.66. The Balaban J connectivity index is 1.28. The summed E-state index contributed by atoms with van der Waals surface area (Å²) in [5, 5.41) is 16.8. The van der Waals surface area contributed by atoms with Crippen LogP contribution in [0.5, 0.6) is 0 Å². The minimum absolute atomic E-state index is 0.0199. The zero-order chi connectivity index (χ0) is 17.1. The van der Waals surface area contributed by atoms with Crippen molar-refractivity contribution >= 4 is 17.2 Å². The SMILES string of the molecule is O=C(Cn1cnnn1)N1CCN(Cc2noc(-c3cccs3)n2)CC1. The number of nitrogens with zero attached hydrogens (tertiary/aromatic N) is 8. The van der Waals surface area contributed by atoms with E-state index in [4.69, 9.17) is 4.52 Å². The Hall–Kier alpha value is -2.66. The standard InChI is InChI=1S/C14H16N8O2S/c23-13(9-22-10-15-18-19-22)21-5-3-20(4-6-21)8-12-16-14(24-17-12)11-2-1-7-25-11/h1-2,7,10H,3-6,8-9H2. The fourth-order valence-corrected chi connectivity index (χ4v) is 3.31. The molecule has 1 fully saturated rings. The van der Waals surface area contributed by atoms with Crippen LogP contribution in [-0.2, 0) is 17.9 Å². The summed E-state index contributed by atoms with van der Waals surface area (Å²) in [6.45, 7) is 3.65. The van der Waals surface area contributed by atoms with Gasteiger partial charge in [0.15, 0.2) is 5.82 Å². The van der Waals surface area contributed by atoms with Crippen LogP contribution < -0.4 is 0 Å². The van der Waals surface area contributed by atoms with E-state index in [1.54, 1.807) is 11.3 Å². The molecule has 25 heavy (non-hydrogen) atoms. The van der Waals surface area contributed by atoms with Gasteiger partial charge in [-0.3, -0.25) is 9.69 Å². The zero-order valence-corrected chi connectivity index (χ0v) is 14.2. The van der Waals surface area contributed by atoms with Crippen molar-refractivity contribution < 1.29 is 9.32 Å². The summed E-state index contributed by atoms with van der Waals surface area (Å²) >= 11 is 1.57. The van der Waals surface area contributed by atoms with Gasteiger partial charge in [0.25, 0.3) is 5.89 Å². The largest absolute Gasteiger partial charge is 0.339 e. The van der Waals surface area contributed by atoms with Gasteiger partial charge in [0, 0.05) is 26.2 Å². The number of carbonyl (C=O) groups is 1. The molecule has 11 heteroatoms. The maximum absolute atomic E-state index is 12.2. The average molecular weight is 360 g/mol. The highest BCUT2D eigenvalue weighted by atomic mass is 32.1. The van der Waals surface area contributed by atoms with E-state index >= 15 is 0 Å². The summed E-state index contributed by atoms with van der Waals surface area (Å²) in [4.78, 5) is 21.7. The Morgan fingerprint density at radius 3 is 2.88 bits per heavy atom. The monoisotopic (exact) mass is 360 g/mol. The molecule has 3 aromatic heterocycles. The van der Waals surface area contributed by atoms with Crippen LogP contribution in [-0.4, -0.2) is 72.2 Å². The predicted molar refractivity (Wildman–Crippen MR) is 87.3 cm³/mol. The minimum atomic E-state index is 0.0199. The lowest BCUT2D eigenvalue weighted by Gasteiger charge is -2.33. The summed E-state index contributed by atoms with van der Waals surface area (Å²) in [6, 6.07) is 3.91. The van der Waals surface area contributed by atoms with E-state index in [2.05, 4.69) is 30.6 Å². The molecule has 4 heterocycles. The highest BCUT2D eigenvalue weighted by Gasteiger charge is 2.23. The Labute approximate surface area is 147 Å². The van der Waals surface area contributed by atoms with Crippen molar-refractivity contribution in [2.75, 3.05) is 26.2 Å². The average Bonchev–Trinajstić information content (AvgIpc) is 3.38. The first kappa shape index (κ1) is 15.8. The Bertz CT molecular complexity index is 808. The van der Waals surface area contributed by atoms with Crippen LogP contribution in [0.2, 0.25) is 0 Å². The molecular formula is C14H16N8O2S. The van der Waals surface area contributed by atoms with Crippen LogP contribution in [0.15, 0.2) is 28.4 Å². The molecule has 10 nitrogen and oxygen atoms in total. The highest BCUT2D eigenvalue weighted by molar-refractivity contribution is 7.13. The topological polar surface area (TPSA) is 106 Å². The molecule has 0 unspecified atom stereocenters. The maximum atomic E-state index is 12.2. The molecule has 1 aliphatic rings. The van der Waals surface area contributed by atoms with E-state index < -0.39 is 0 Å². The first-order valence-corrected chi connectivity index (χ1v) is 8.73. The van der Waals surface area contributed by atoms with Gasteiger partial charge in [-0.05, 0) is 21.9 Å². The lowest BCUT2D eigenvalue weighted by atomic mass is 10.3. The van der Waals surface area contributed by atoms with Crippen LogP contribution in [0.25, 0.3) is 10.8 Å². The summed E-state index contributed by atoms with van der Waals surface area (Å²) in [5.74, 6) is 1.24. The molecule has 1 amide bonds. The molecule has 0 saturated carbocycles. The lowest BCUT2D eigenvalue weighted by Crippen LogP contribution is -2.49. The number of aromatic nitrogens is 6. The van der Waals surface area contributed by atoms with Gasteiger partial charge >= 0.3 is 0 Å². The Morgan fingerprint density at radius 2 is 2.16 bits per heavy atom. The second-order valence-corrected chi connectivity index (χ2v) is 6.61. The third-order valence-corrected chi connectivity index (χ3v) is 4.84. The van der Waals surface area contributed by atoms with E-state index in [1.165, 1.54) is 11.0 Å². The van der Waals surface area contributed by atoms with E-state index in [-0.39, 0.29) is 12.5 Å². The number of thiophene rings is 1. The molecule has 0 bridgehead atoms. The van der Waals surface area contributed by atoms with Gasteiger partial charge < -0.3 is 9.42 Å². The number of carbonyl (C=O) groups excluding carboxylic acids is 1. The van der Waals surface area contributed by atoms with Crippen LogP contribution in [0, 0.1) is 0 Å². The smallest absolute Gasteiger partial charge is 0.268 e. The highest BCUT2D eigenvalue weighted by Crippen LogP contribution is 2.22. The van der Waals surface area contributed by atoms with Crippen molar-refractivity contribution in [2.45, 2.75) is 13.1 Å². The fourth-order valence-electron chi connectivity index (χ4n) is 2.67. The van der Waals surface area contributed by atoms with E-state index in [9.17, 15) is 4.79 Å². The molecule has 0 radical (unpaired) electrons. The third kappa shape index (κ3) is 3.72. The molecule has 1 saturated heterocycles. The first-order valence-electron chi connectivity index (χ1n) is 7.85. The van der Waals surface area contributed by atoms with Crippen LogP contribution in [0.4, 0.5) is 0 Å². The van der Waals surface area contributed by atoms with E-state index in [0.29, 0.717) is 31.3 Å². The number of piperazine rings is 1. The van der Waals surface area contributed by atoms with Crippen LogP contribution in [0.1, 0.15) is 5.82 Å². The lowest BCUT2D eigenvalue weighted by molar-refractivity contribution is -0.133. The van der Waals surface area contributed by atoms with Crippen molar-refractivity contribution in [3.8, 4) is 10.8 Å². The quantitative estimate of drug-likeness (QED) is 0.632. The van der Waals surface area contributed by atoms with Crippen molar-refractivity contribution in [3.63, 3.8) is 0 Å². The third-order valence-electron chi connectivity index (χ3n) is 3.98. The van der Waals surface area contributed by atoms with Gasteiger partial charge in [0.05, 0.1) is 11.4 Å². The molecule has 0 N–H and O–H groups in total. The second kappa shape index (κ2) is 7.07. The molecular weight excluding hydrogens is 344 g/mol. The first-order chi connectivity index (χ1) is 12.3. The number of hydrogen-bond donors (Lipinski definition) is 0. The molecule has 0 aromatic carbocycles. The molecule has 4 rings (SSSR count). The van der Waals surface area contributed by atoms with Gasteiger partial charge in [-0.25, -0.2) is 4.68 Å². The molecule has 0 atom stereocenters. The van der Waals surface area contributed by atoms with Crippen molar-refractivity contribution in [1.29, 1.82) is 0 Å². The fraction of sp³-hybridized carbons (Fsp3) is 0.429. The van der Waals surface area contributed by atoms with Gasteiger partial charge in [-0.15, -0.1) is 16.4 Å². The van der Waals surface area contributed by atoms with Crippen LogP contribution in [0.3, 0.4) is 0 Å². The van der Waals surface area contributed by atoms with Gasteiger partial charge in [0.2, 0.25) is 5.91 Å². The Morgan fingerprint density at radius 1 is 1.28 bits per heavy atom. The number of rotatable bonds is 5. The number of tetrazole rings is 1. The summed E-state index contributed by atoms with van der Waals surface area (Å²) in [7, 11) is 0. The van der Waals surface area contributed by atoms with Gasteiger partial charge in [-0.2, -0.15) is 4.98 Å². The number of hydrogen-bond acceptors (Lipinski definition) is 9. The Kier molecular flexibility index (Phi) is 4.48. The normalized spacial score (nSPS) is 15.6. The molecule has 3 aromatic rings. The van der Waals surface area contributed by atoms with Crippen molar-refractivity contribution in [1.82, 2.24) is 40.1 Å². The van der Waals surface area contributed by atoms with E-state index in [0.717, 1.165) is 18.0 Å². The molecule has 0 aliphatic carbocycles. The van der Waals surface area contributed by atoms with E-state index in [1.807, 2.05) is 22.4 Å². The van der Waals surface area contributed by atoms with Crippen molar-refractivity contribution in [2.24, 2.45) is 0 Å². The van der Waals surface area contributed by atoms with Crippen LogP contribution >= 0.6 is 11.3 Å². The van der Waals surface area contributed by atoms with Gasteiger partial charge in [0.1, 0.15) is 12.9 Å². The zero-order valence-electron chi connectivity index (χ0n) is 13.4. The van der Waals surface area contributed by atoms with Crippen molar-refractivity contribution in [3.05, 3.63) is 29.7 Å². The summed E-state index contributed by atoms with van der Waals surface area (Å²) in [6.07, 6.45) is 1.44. The minimum Gasteiger partial charge on any atom is -0.339 e. The van der Waals surface area contributed by atoms with Gasteiger partial charge in [-0.1, -0.05) is 11.2 Å². The molecule has 130 valence electrons.